The van der Waals surface area contributed by atoms with Crippen molar-refractivity contribution in [2.24, 2.45) is 5.92 Å². The number of nitrogens with one attached hydrogen (secondary N) is 1. The Kier molecular flexibility index (Phi) is 4.48. The monoisotopic (exact) mass is 278 g/mol. The zero-order chi connectivity index (χ0) is 14.8. The van der Waals surface area contributed by atoms with Crippen molar-refractivity contribution in [3.8, 4) is 0 Å². The molecule has 0 spiro atoms. The molecule has 2 heterocycles. The molecule has 1 fully saturated rings. The third-order valence-electron chi connectivity index (χ3n) is 3.74. The molecule has 0 bridgehead atoms. The van der Waals surface area contributed by atoms with Gasteiger partial charge < -0.3 is 15.3 Å². The Morgan fingerprint density at radius 2 is 2.15 bits per heavy atom. The minimum Gasteiger partial charge on any atom is -0.396 e. The largest absolute Gasteiger partial charge is 0.396 e. The Balaban J connectivity index is 2.30. The molecule has 112 valence electrons. The topological polar surface area (TPSA) is 61.3 Å². The molecule has 2 N–H and O–H groups in total. The van der Waals surface area contributed by atoms with Gasteiger partial charge in [-0.2, -0.15) is 0 Å². The first kappa shape index (κ1) is 15.0. The van der Waals surface area contributed by atoms with E-state index < -0.39 is 0 Å². The average Bonchev–Trinajstić information content (AvgIpc) is 2.46. The second kappa shape index (κ2) is 5.95. The van der Waals surface area contributed by atoms with Gasteiger partial charge in [-0.3, -0.25) is 0 Å². The zero-order valence-corrected chi connectivity index (χ0v) is 13.0. The van der Waals surface area contributed by atoms with Crippen LogP contribution in [0.1, 0.15) is 39.4 Å². The summed E-state index contributed by atoms with van der Waals surface area (Å²) in [4.78, 5) is 11.6. The summed E-state index contributed by atoms with van der Waals surface area (Å²) >= 11 is 0. The molecule has 1 atom stereocenters. The maximum atomic E-state index is 9.37. The Bertz CT molecular complexity index is 456. The maximum absolute atomic E-state index is 9.37. The van der Waals surface area contributed by atoms with Crippen molar-refractivity contribution in [1.82, 2.24) is 9.97 Å². The molecule has 5 heteroatoms. The molecule has 1 unspecified atom stereocenters. The van der Waals surface area contributed by atoms with Gasteiger partial charge in [0.05, 0.1) is 0 Å². The second-order valence-corrected chi connectivity index (χ2v) is 6.57. The van der Waals surface area contributed by atoms with Crippen molar-refractivity contribution >= 4 is 11.6 Å². The minimum atomic E-state index is -0.0756. The van der Waals surface area contributed by atoms with Crippen LogP contribution >= 0.6 is 0 Å². The summed E-state index contributed by atoms with van der Waals surface area (Å²) in [6.45, 7) is 8.50. The Hall–Kier alpha value is -1.36. The van der Waals surface area contributed by atoms with Gasteiger partial charge in [0.15, 0.2) is 0 Å². The number of aliphatic hydroxyl groups is 1. The number of aliphatic hydroxyl groups excluding tert-OH is 1. The number of aromatic nitrogens is 2. The SMILES string of the molecule is CNc1cc(N2CCCC(CO)C2)nc(C(C)(C)C)n1. The van der Waals surface area contributed by atoms with E-state index in [0.717, 1.165) is 43.4 Å². The van der Waals surface area contributed by atoms with Crippen molar-refractivity contribution in [2.45, 2.75) is 39.0 Å². The molecule has 1 aromatic heterocycles. The highest BCUT2D eigenvalue weighted by Gasteiger charge is 2.24. The van der Waals surface area contributed by atoms with Crippen LogP contribution in [0.25, 0.3) is 0 Å². The van der Waals surface area contributed by atoms with Crippen LogP contribution in [0.15, 0.2) is 6.07 Å². The average molecular weight is 278 g/mol. The number of anilines is 2. The van der Waals surface area contributed by atoms with E-state index in [-0.39, 0.29) is 12.0 Å². The summed E-state index contributed by atoms with van der Waals surface area (Å²) in [6.07, 6.45) is 2.21. The fraction of sp³-hybridized carbons (Fsp3) is 0.733. The van der Waals surface area contributed by atoms with Crippen LogP contribution in [-0.2, 0) is 5.41 Å². The van der Waals surface area contributed by atoms with Gasteiger partial charge in [-0.1, -0.05) is 20.8 Å². The van der Waals surface area contributed by atoms with Crippen molar-refractivity contribution in [2.75, 3.05) is 37.0 Å². The van der Waals surface area contributed by atoms with Crippen LogP contribution in [0.2, 0.25) is 0 Å². The van der Waals surface area contributed by atoms with Crippen molar-refractivity contribution in [1.29, 1.82) is 0 Å². The summed E-state index contributed by atoms with van der Waals surface area (Å²) in [6, 6.07) is 2.00. The molecule has 0 amide bonds. The first-order valence-corrected chi connectivity index (χ1v) is 7.37. The number of piperidine rings is 1. The fourth-order valence-electron chi connectivity index (χ4n) is 2.48. The highest BCUT2D eigenvalue weighted by atomic mass is 16.3. The van der Waals surface area contributed by atoms with E-state index in [1.54, 1.807) is 0 Å². The minimum absolute atomic E-state index is 0.0756. The smallest absolute Gasteiger partial charge is 0.138 e. The van der Waals surface area contributed by atoms with Crippen LogP contribution < -0.4 is 10.2 Å². The van der Waals surface area contributed by atoms with Gasteiger partial charge in [0, 0.05) is 38.2 Å². The van der Waals surface area contributed by atoms with Crippen molar-refractivity contribution < 1.29 is 5.11 Å². The van der Waals surface area contributed by atoms with Crippen molar-refractivity contribution in [3.05, 3.63) is 11.9 Å². The number of rotatable bonds is 3. The highest BCUT2D eigenvalue weighted by molar-refractivity contribution is 5.50. The predicted molar refractivity (Wildman–Crippen MR) is 82.3 cm³/mol. The molecular weight excluding hydrogens is 252 g/mol. The Labute approximate surface area is 121 Å². The van der Waals surface area contributed by atoms with Gasteiger partial charge in [-0.05, 0) is 18.8 Å². The van der Waals surface area contributed by atoms with Gasteiger partial charge in [0.25, 0.3) is 0 Å². The predicted octanol–water partition coefficient (Wildman–Crippen LogP) is 2.02. The van der Waals surface area contributed by atoms with Gasteiger partial charge in [0.1, 0.15) is 17.5 Å². The molecule has 0 saturated carbocycles. The summed E-state index contributed by atoms with van der Waals surface area (Å²) in [7, 11) is 1.88. The summed E-state index contributed by atoms with van der Waals surface area (Å²) in [5.41, 5.74) is -0.0756. The molecular formula is C15H26N4O. The Morgan fingerprint density at radius 3 is 2.75 bits per heavy atom. The van der Waals surface area contributed by atoms with E-state index in [9.17, 15) is 5.11 Å². The Morgan fingerprint density at radius 1 is 1.40 bits per heavy atom. The molecule has 20 heavy (non-hydrogen) atoms. The van der Waals surface area contributed by atoms with Crippen LogP contribution in [0.3, 0.4) is 0 Å². The van der Waals surface area contributed by atoms with Crippen LogP contribution in [0.4, 0.5) is 11.6 Å². The van der Waals surface area contributed by atoms with Crippen molar-refractivity contribution in [3.63, 3.8) is 0 Å². The molecule has 1 saturated heterocycles. The second-order valence-electron chi connectivity index (χ2n) is 6.57. The number of nitrogens with zero attached hydrogens (tertiary/aromatic N) is 3. The third-order valence-corrected chi connectivity index (χ3v) is 3.74. The molecule has 0 aliphatic carbocycles. The zero-order valence-electron chi connectivity index (χ0n) is 13.0. The first-order chi connectivity index (χ1) is 9.44. The third kappa shape index (κ3) is 3.39. The summed E-state index contributed by atoms with van der Waals surface area (Å²) < 4.78 is 0. The lowest BCUT2D eigenvalue weighted by Crippen LogP contribution is -2.37. The van der Waals surface area contributed by atoms with Gasteiger partial charge in [-0.25, -0.2) is 9.97 Å². The lowest BCUT2D eigenvalue weighted by molar-refractivity contribution is 0.208. The first-order valence-electron chi connectivity index (χ1n) is 7.37. The maximum Gasteiger partial charge on any atom is 0.138 e. The molecule has 0 radical (unpaired) electrons. The molecule has 1 aliphatic rings. The molecule has 1 aliphatic heterocycles. The van der Waals surface area contributed by atoms with E-state index >= 15 is 0 Å². The highest BCUT2D eigenvalue weighted by Crippen LogP contribution is 2.26. The summed E-state index contributed by atoms with van der Waals surface area (Å²) in [5, 5.41) is 12.5. The molecule has 0 aromatic carbocycles. The van der Waals surface area contributed by atoms with E-state index in [1.807, 2.05) is 13.1 Å². The number of hydrogen-bond acceptors (Lipinski definition) is 5. The molecule has 1 aromatic rings. The lowest BCUT2D eigenvalue weighted by atomic mass is 9.95. The molecule has 2 rings (SSSR count). The molecule has 5 nitrogen and oxygen atoms in total. The lowest BCUT2D eigenvalue weighted by Gasteiger charge is -2.33. The summed E-state index contributed by atoms with van der Waals surface area (Å²) in [5.74, 6) is 3.03. The normalized spacial score (nSPS) is 20.1. The number of hydrogen-bond donors (Lipinski definition) is 2. The van der Waals surface area contributed by atoms with Gasteiger partial charge in [-0.15, -0.1) is 0 Å². The van der Waals surface area contributed by atoms with E-state index in [1.165, 1.54) is 0 Å². The van der Waals surface area contributed by atoms with Gasteiger partial charge >= 0.3 is 0 Å². The standard InChI is InChI=1S/C15H26N4O/c1-15(2,3)14-17-12(16-4)8-13(18-14)19-7-5-6-11(9-19)10-20/h8,11,20H,5-7,9-10H2,1-4H3,(H,16,17,18). The van der Waals surface area contributed by atoms with E-state index in [4.69, 9.17) is 4.98 Å². The van der Waals surface area contributed by atoms with Gasteiger partial charge in [0.2, 0.25) is 0 Å². The van der Waals surface area contributed by atoms with Crippen LogP contribution in [0, 0.1) is 5.92 Å². The van der Waals surface area contributed by atoms with Crippen LogP contribution in [0.5, 0.6) is 0 Å². The van der Waals surface area contributed by atoms with E-state index in [0.29, 0.717) is 5.92 Å². The van der Waals surface area contributed by atoms with E-state index in [2.05, 4.69) is 36.0 Å². The quantitative estimate of drug-likeness (QED) is 0.886. The fourth-order valence-corrected chi connectivity index (χ4v) is 2.48. The van der Waals surface area contributed by atoms with Crippen LogP contribution in [-0.4, -0.2) is 41.8 Å².